The number of aromatic nitrogens is 2. The lowest BCUT2D eigenvalue weighted by molar-refractivity contribution is -0.145. The molecular formula is C11H14ClN3O2. The predicted octanol–water partition coefficient (Wildman–Crippen LogP) is 1.52. The van der Waals surface area contributed by atoms with Crippen molar-refractivity contribution < 1.29 is 9.53 Å². The maximum absolute atomic E-state index is 11.5. The van der Waals surface area contributed by atoms with E-state index in [-0.39, 0.29) is 17.2 Å². The molecule has 1 saturated heterocycles. The van der Waals surface area contributed by atoms with Crippen LogP contribution >= 0.6 is 11.6 Å². The lowest BCUT2D eigenvalue weighted by Gasteiger charge is -2.32. The zero-order chi connectivity index (χ0) is 12.3. The zero-order valence-corrected chi connectivity index (χ0v) is 10.4. The summed E-state index contributed by atoms with van der Waals surface area (Å²) in [7, 11) is 1.42. The zero-order valence-electron chi connectivity index (χ0n) is 9.60. The highest BCUT2D eigenvalue weighted by molar-refractivity contribution is 6.28. The van der Waals surface area contributed by atoms with Crippen LogP contribution in [0.2, 0.25) is 5.28 Å². The number of hydrogen-bond acceptors (Lipinski definition) is 5. The Hall–Kier alpha value is -1.36. The summed E-state index contributed by atoms with van der Waals surface area (Å²) in [4.78, 5) is 21.5. The third-order valence-corrected chi connectivity index (χ3v) is 3.07. The van der Waals surface area contributed by atoms with E-state index < -0.39 is 0 Å². The highest BCUT2D eigenvalue weighted by Gasteiger charge is 2.27. The van der Waals surface area contributed by atoms with Crippen molar-refractivity contribution in [3.05, 3.63) is 17.5 Å². The molecule has 92 valence electrons. The van der Waals surface area contributed by atoms with Crippen molar-refractivity contribution in [1.29, 1.82) is 0 Å². The summed E-state index contributed by atoms with van der Waals surface area (Å²) in [6.07, 6.45) is 3.43. The van der Waals surface area contributed by atoms with E-state index in [9.17, 15) is 4.79 Å². The van der Waals surface area contributed by atoms with Gasteiger partial charge in [0.05, 0.1) is 13.0 Å². The maximum atomic E-state index is 11.5. The second kappa shape index (κ2) is 5.31. The quantitative estimate of drug-likeness (QED) is 0.592. The molecule has 0 aromatic carbocycles. The minimum Gasteiger partial charge on any atom is -0.469 e. The number of ether oxygens (including phenoxy) is 1. The first-order chi connectivity index (χ1) is 8.20. The third-order valence-electron chi connectivity index (χ3n) is 2.89. The molecule has 1 aromatic rings. The first kappa shape index (κ1) is 12.1. The fourth-order valence-corrected chi connectivity index (χ4v) is 2.19. The summed E-state index contributed by atoms with van der Waals surface area (Å²) < 4.78 is 4.77. The first-order valence-electron chi connectivity index (χ1n) is 5.52. The highest BCUT2D eigenvalue weighted by Crippen LogP contribution is 2.22. The lowest BCUT2D eigenvalue weighted by atomic mass is 9.98. The van der Waals surface area contributed by atoms with Gasteiger partial charge < -0.3 is 9.64 Å². The largest absolute Gasteiger partial charge is 0.469 e. The molecule has 1 atom stereocenters. The van der Waals surface area contributed by atoms with Crippen LogP contribution in [0.5, 0.6) is 0 Å². The number of esters is 1. The molecular weight excluding hydrogens is 242 g/mol. The average molecular weight is 256 g/mol. The van der Waals surface area contributed by atoms with Crippen molar-refractivity contribution in [2.45, 2.75) is 12.8 Å². The number of piperidine rings is 1. The smallest absolute Gasteiger partial charge is 0.310 e. The van der Waals surface area contributed by atoms with E-state index in [0.717, 1.165) is 25.2 Å². The van der Waals surface area contributed by atoms with Crippen LogP contribution in [0.15, 0.2) is 12.3 Å². The van der Waals surface area contributed by atoms with Crippen LogP contribution in [-0.4, -0.2) is 36.1 Å². The van der Waals surface area contributed by atoms with Gasteiger partial charge in [0, 0.05) is 19.3 Å². The second-order valence-electron chi connectivity index (χ2n) is 3.99. The molecule has 0 N–H and O–H groups in total. The number of carbonyl (C=O) groups excluding carboxylic acids is 1. The number of hydrogen-bond donors (Lipinski definition) is 0. The van der Waals surface area contributed by atoms with E-state index in [4.69, 9.17) is 16.3 Å². The van der Waals surface area contributed by atoms with Gasteiger partial charge in [0.1, 0.15) is 5.82 Å². The fourth-order valence-electron chi connectivity index (χ4n) is 2.05. The third kappa shape index (κ3) is 2.85. The van der Waals surface area contributed by atoms with Crippen molar-refractivity contribution in [1.82, 2.24) is 9.97 Å². The summed E-state index contributed by atoms with van der Waals surface area (Å²) in [6.45, 7) is 1.50. The molecule has 0 unspecified atom stereocenters. The van der Waals surface area contributed by atoms with Crippen LogP contribution in [0.3, 0.4) is 0 Å². The topological polar surface area (TPSA) is 55.3 Å². The monoisotopic (exact) mass is 255 g/mol. The van der Waals surface area contributed by atoms with E-state index in [0.29, 0.717) is 6.54 Å². The molecule has 0 radical (unpaired) electrons. The van der Waals surface area contributed by atoms with Crippen LogP contribution in [0.1, 0.15) is 12.8 Å². The van der Waals surface area contributed by atoms with E-state index in [2.05, 4.69) is 9.97 Å². The Labute approximate surface area is 105 Å². The summed E-state index contributed by atoms with van der Waals surface area (Å²) in [6, 6.07) is 1.80. The molecule has 1 fully saturated rings. The molecule has 1 aliphatic heterocycles. The Bertz CT molecular complexity index is 413. The molecule has 1 aliphatic rings. The normalized spacial score (nSPS) is 20.1. The Balaban J connectivity index is 2.09. The van der Waals surface area contributed by atoms with E-state index in [1.54, 1.807) is 12.3 Å². The first-order valence-corrected chi connectivity index (χ1v) is 5.90. The minimum atomic E-state index is -0.158. The highest BCUT2D eigenvalue weighted by atomic mass is 35.5. The van der Waals surface area contributed by atoms with Gasteiger partial charge in [-0.2, -0.15) is 0 Å². The van der Waals surface area contributed by atoms with Gasteiger partial charge in [0.25, 0.3) is 0 Å². The number of anilines is 1. The predicted molar refractivity (Wildman–Crippen MR) is 64.0 cm³/mol. The van der Waals surface area contributed by atoms with Gasteiger partial charge in [0.2, 0.25) is 5.28 Å². The SMILES string of the molecule is COC(=O)[C@@H]1CCCN(c2ccnc(Cl)n2)C1. The Morgan fingerprint density at radius 2 is 2.47 bits per heavy atom. The maximum Gasteiger partial charge on any atom is 0.310 e. The van der Waals surface area contributed by atoms with Gasteiger partial charge in [-0.15, -0.1) is 0 Å². The van der Waals surface area contributed by atoms with Gasteiger partial charge in [-0.1, -0.05) is 0 Å². The molecule has 2 heterocycles. The van der Waals surface area contributed by atoms with Gasteiger partial charge >= 0.3 is 5.97 Å². The Kier molecular flexibility index (Phi) is 3.78. The Morgan fingerprint density at radius 1 is 1.65 bits per heavy atom. The van der Waals surface area contributed by atoms with Crippen LogP contribution in [0.4, 0.5) is 5.82 Å². The molecule has 1 aromatic heterocycles. The summed E-state index contributed by atoms with van der Waals surface area (Å²) >= 11 is 5.75. The number of methoxy groups -OCH3 is 1. The molecule has 0 spiro atoms. The standard InChI is InChI=1S/C11H14ClN3O2/c1-17-10(16)8-3-2-6-15(7-8)9-4-5-13-11(12)14-9/h4-5,8H,2-3,6-7H2,1H3/t8-/m1/s1. The van der Waals surface area contributed by atoms with Gasteiger partial charge in [-0.3, -0.25) is 4.79 Å². The summed E-state index contributed by atoms with van der Waals surface area (Å²) in [5.74, 6) is 0.524. The van der Waals surface area contributed by atoms with E-state index >= 15 is 0 Å². The Morgan fingerprint density at radius 3 is 3.18 bits per heavy atom. The van der Waals surface area contributed by atoms with Crippen LogP contribution < -0.4 is 4.90 Å². The van der Waals surface area contributed by atoms with Gasteiger partial charge in [-0.25, -0.2) is 9.97 Å². The lowest BCUT2D eigenvalue weighted by Crippen LogP contribution is -2.39. The summed E-state index contributed by atoms with van der Waals surface area (Å²) in [5.41, 5.74) is 0. The van der Waals surface area contributed by atoms with Crippen LogP contribution in [0.25, 0.3) is 0 Å². The van der Waals surface area contributed by atoms with Gasteiger partial charge in [0.15, 0.2) is 0 Å². The van der Waals surface area contributed by atoms with Gasteiger partial charge in [-0.05, 0) is 30.5 Å². The number of rotatable bonds is 2. The molecule has 0 bridgehead atoms. The molecule has 17 heavy (non-hydrogen) atoms. The van der Waals surface area contributed by atoms with Crippen molar-refractivity contribution in [3.63, 3.8) is 0 Å². The van der Waals surface area contributed by atoms with Crippen LogP contribution in [-0.2, 0) is 9.53 Å². The molecule has 0 aliphatic carbocycles. The van der Waals surface area contributed by atoms with E-state index in [1.807, 2.05) is 4.90 Å². The molecule has 6 heteroatoms. The molecule has 0 saturated carbocycles. The van der Waals surface area contributed by atoms with Crippen LogP contribution in [0, 0.1) is 5.92 Å². The summed E-state index contributed by atoms with van der Waals surface area (Å²) in [5, 5.41) is 0.225. The number of halogens is 1. The second-order valence-corrected chi connectivity index (χ2v) is 4.33. The number of nitrogens with zero attached hydrogens (tertiary/aromatic N) is 3. The molecule has 0 amide bonds. The number of carbonyl (C=O) groups is 1. The fraction of sp³-hybridized carbons (Fsp3) is 0.545. The van der Waals surface area contributed by atoms with Crippen molar-refractivity contribution in [2.24, 2.45) is 5.92 Å². The molecule has 2 rings (SSSR count). The minimum absolute atomic E-state index is 0.0810. The van der Waals surface area contributed by atoms with Crippen molar-refractivity contribution in [2.75, 3.05) is 25.1 Å². The van der Waals surface area contributed by atoms with Crippen molar-refractivity contribution >= 4 is 23.4 Å². The average Bonchev–Trinajstić information content (AvgIpc) is 2.38. The molecule has 5 nitrogen and oxygen atoms in total. The van der Waals surface area contributed by atoms with E-state index in [1.165, 1.54) is 7.11 Å². The van der Waals surface area contributed by atoms with Crippen molar-refractivity contribution in [3.8, 4) is 0 Å².